The molecule has 1 aromatic carbocycles. The summed E-state index contributed by atoms with van der Waals surface area (Å²) in [4.78, 5) is 33.1. The van der Waals surface area contributed by atoms with Gasteiger partial charge < -0.3 is 19.9 Å². The first-order valence-corrected chi connectivity index (χ1v) is 7.69. The predicted molar refractivity (Wildman–Crippen MR) is 88.7 cm³/mol. The van der Waals surface area contributed by atoms with E-state index in [0.29, 0.717) is 6.42 Å². The molecule has 2 N–H and O–H groups in total. The average Bonchev–Trinajstić information content (AvgIpc) is 2.55. The van der Waals surface area contributed by atoms with Gasteiger partial charge in [-0.25, -0.2) is 0 Å². The van der Waals surface area contributed by atoms with Crippen molar-refractivity contribution in [2.24, 2.45) is 11.8 Å². The number of amides is 1. The zero-order valence-corrected chi connectivity index (χ0v) is 14.4. The highest BCUT2D eigenvalue weighted by Crippen LogP contribution is 2.30. The highest BCUT2D eigenvalue weighted by atomic mass is 16.6. The number of ether oxygens (including phenoxy) is 2. The second-order valence-electron chi connectivity index (χ2n) is 5.85. The lowest BCUT2D eigenvalue weighted by atomic mass is 9.97. The summed E-state index contributed by atoms with van der Waals surface area (Å²) in [7, 11) is 1.29. The van der Waals surface area contributed by atoms with Gasteiger partial charge in [0, 0.05) is 18.7 Å². The summed E-state index contributed by atoms with van der Waals surface area (Å²) in [6, 6.07) is 3.88. The molecule has 0 saturated heterocycles. The predicted octanol–water partition coefficient (Wildman–Crippen LogP) is 1.85. The van der Waals surface area contributed by atoms with Gasteiger partial charge in [0.2, 0.25) is 5.75 Å². The number of benzene rings is 1. The van der Waals surface area contributed by atoms with Crippen molar-refractivity contribution >= 4 is 17.6 Å². The number of nitro groups is 1. The number of carbonyl (C=O) groups excluding carboxylic acids is 1. The Bertz CT molecular complexity index is 631. The molecule has 9 heteroatoms. The van der Waals surface area contributed by atoms with Crippen LogP contribution in [0.5, 0.6) is 11.5 Å². The number of carboxylic acids is 1. The van der Waals surface area contributed by atoms with Gasteiger partial charge >= 0.3 is 11.7 Å². The van der Waals surface area contributed by atoms with Gasteiger partial charge in [0.05, 0.1) is 18.0 Å². The smallest absolute Gasteiger partial charge is 0.311 e. The van der Waals surface area contributed by atoms with Gasteiger partial charge in [0.25, 0.3) is 5.91 Å². The van der Waals surface area contributed by atoms with Crippen molar-refractivity contribution in [3.8, 4) is 11.5 Å². The molecule has 9 nitrogen and oxygen atoms in total. The van der Waals surface area contributed by atoms with E-state index >= 15 is 0 Å². The van der Waals surface area contributed by atoms with E-state index in [1.165, 1.54) is 25.3 Å². The van der Waals surface area contributed by atoms with E-state index in [9.17, 15) is 19.7 Å². The Morgan fingerprint density at radius 3 is 2.56 bits per heavy atom. The summed E-state index contributed by atoms with van der Waals surface area (Å²) in [6.07, 6.45) is 0.454. The zero-order valence-electron chi connectivity index (χ0n) is 14.4. The molecule has 0 radical (unpaired) electrons. The van der Waals surface area contributed by atoms with E-state index in [4.69, 9.17) is 14.6 Å². The molecule has 1 atom stereocenters. The third-order valence-electron chi connectivity index (χ3n) is 3.37. The zero-order chi connectivity index (χ0) is 19.0. The molecule has 0 aromatic heterocycles. The first kappa shape index (κ1) is 20.2. The Balaban J connectivity index is 2.56. The monoisotopic (exact) mass is 354 g/mol. The molecule has 0 aliphatic carbocycles. The van der Waals surface area contributed by atoms with Crippen LogP contribution in [0.3, 0.4) is 0 Å². The molecule has 1 amide bonds. The van der Waals surface area contributed by atoms with Crippen LogP contribution in [0.25, 0.3) is 0 Å². The van der Waals surface area contributed by atoms with Crippen molar-refractivity contribution in [1.82, 2.24) is 5.32 Å². The van der Waals surface area contributed by atoms with Gasteiger partial charge in [0.1, 0.15) is 5.75 Å². The largest absolute Gasteiger partial charge is 0.490 e. The maximum Gasteiger partial charge on any atom is 0.311 e. The van der Waals surface area contributed by atoms with Crippen LogP contribution in [-0.2, 0) is 9.59 Å². The summed E-state index contributed by atoms with van der Waals surface area (Å²) in [5, 5.41) is 22.4. The fraction of sp³-hybridized carbons (Fsp3) is 0.500. The quantitative estimate of drug-likeness (QED) is 0.484. The van der Waals surface area contributed by atoms with Gasteiger partial charge in [-0.2, -0.15) is 0 Å². The van der Waals surface area contributed by atoms with Crippen LogP contribution >= 0.6 is 0 Å². The molecule has 0 aliphatic rings. The molecular weight excluding hydrogens is 332 g/mol. The van der Waals surface area contributed by atoms with Crippen LogP contribution in [0.2, 0.25) is 0 Å². The summed E-state index contributed by atoms with van der Waals surface area (Å²) >= 11 is 0. The van der Waals surface area contributed by atoms with Crippen molar-refractivity contribution in [3.63, 3.8) is 0 Å². The summed E-state index contributed by atoms with van der Waals surface area (Å²) in [5.41, 5.74) is -0.211. The summed E-state index contributed by atoms with van der Waals surface area (Å²) < 4.78 is 10.2. The van der Waals surface area contributed by atoms with Crippen LogP contribution in [0.1, 0.15) is 20.3 Å². The second-order valence-corrected chi connectivity index (χ2v) is 5.85. The fourth-order valence-corrected chi connectivity index (χ4v) is 2.18. The van der Waals surface area contributed by atoms with E-state index in [-0.39, 0.29) is 36.3 Å². The number of hydrogen-bond acceptors (Lipinski definition) is 6. The van der Waals surface area contributed by atoms with Gasteiger partial charge in [-0.05, 0) is 18.4 Å². The standard InChI is InChI=1S/C16H22N2O7/c1-10(2)6-11(16(20)21)8-17-15(19)9-25-12-4-5-13(18(22)23)14(7-12)24-3/h4-5,7,10-11H,6,8-9H2,1-3H3,(H,17,19)(H,20,21). The number of aliphatic carboxylic acids is 1. The van der Waals surface area contributed by atoms with Gasteiger partial charge in [-0.15, -0.1) is 0 Å². The Morgan fingerprint density at radius 2 is 2.04 bits per heavy atom. The number of nitro benzene ring substituents is 1. The summed E-state index contributed by atoms with van der Waals surface area (Å²) in [5.74, 6) is -1.66. The van der Waals surface area contributed by atoms with Gasteiger partial charge in [-0.1, -0.05) is 13.8 Å². The third kappa shape index (κ3) is 6.66. The minimum atomic E-state index is -0.963. The van der Waals surface area contributed by atoms with E-state index in [2.05, 4.69) is 5.32 Å². The molecular formula is C16H22N2O7. The number of carboxylic acid groups (broad SMARTS) is 1. The lowest BCUT2D eigenvalue weighted by Crippen LogP contribution is -2.36. The first-order chi connectivity index (χ1) is 11.7. The van der Waals surface area contributed by atoms with Crippen LogP contribution < -0.4 is 14.8 Å². The maximum atomic E-state index is 11.8. The first-order valence-electron chi connectivity index (χ1n) is 7.69. The minimum absolute atomic E-state index is 0.0132. The van der Waals surface area contributed by atoms with E-state index < -0.39 is 22.7 Å². The molecule has 1 unspecified atom stereocenters. The normalized spacial score (nSPS) is 11.7. The average molecular weight is 354 g/mol. The van der Waals surface area contributed by atoms with Crippen LogP contribution in [-0.4, -0.2) is 42.2 Å². The molecule has 0 spiro atoms. The Labute approximate surface area is 145 Å². The van der Waals surface area contributed by atoms with Crippen molar-refractivity contribution in [3.05, 3.63) is 28.3 Å². The van der Waals surface area contributed by atoms with Crippen LogP contribution in [0.15, 0.2) is 18.2 Å². The van der Waals surface area contributed by atoms with Crippen molar-refractivity contribution in [2.45, 2.75) is 20.3 Å². The molecule has 0 saturated carbocycles. The molecule has 1 aromatic rings. The topological polar surface area (TPSA) is 128 Å². The van der Waals surface area contributed by atoms with Crippen molar-refractivity contribution < 1.29 is 29.1 Å². The third-order valence-corrected chi connectivity index (χ3v) is 3.37. The second kappa shape index (κ2) is 9.45. The van der Waals surface area contributed by atoms with E-state index in [0.717, 1.165) is 0 Å². The molecule has 138 valence electrons. The summed E-state index contributed by atoms with van der Waals surface area (Å²) in [6.45, 7) is 3.49. The molecule has 0 bridgehead atoms. The highest BCUT2D eigenvalue weighted by molar-refractivity contribution is 5.78. The molecule has 1 rings (SSSR count). The molecule has 0 heterocycles. The lowest BCUT2D eigenvalue weighted by molar-refractivity contribution is -0.385. The molecule has 0 aliphatic heterocycles. The maximum absolute atomic E-state index is 11.8. The van der Waals surface area contributed by atoms with Gasteiger partial charge in [-0.3, -0.25) is 19.7 Å². The number of rotatable bonds is 10. The Morgan fingerprint density at radius 1 is 1.36 bits per heavy atom. The number of hydrogen-bond donors (Lipinski definition) is 2. The van der Waals surface area contributed by atoms with Gasteiger partial charge in [0.15, 0.2) is 6.61 Å². The van der Waals surface area contributed by atoms with Crippen LogP contribution in [0.4, 0.5) is 5.69 Å². The highest BCUT2D eigenvalue weighted by Gasteiger charge is 2.20. The Hall–Kier alpha value is -2.84. The number of nitrogens with zero attached hydrogens (tertiary/aromatic N) is 1. The van der Waals surface area contributed by atoms with E-state index in [1.54, 1.807) is 0 Å². The van der Waals surface area contributed by atoms with E-state index in [1.807, 2.05) is 13.8 Å². The van der Waals surface area contributed by atoms with Crippen molar-refractivity contribution in [2.75, 3.05) is 20.3 Å². The number of carbonyl (C=O) groups is 2. The number of nitrogens with one attached hydrogen (secondary N) is 1. The molecule has 0 fully saturated rings. The van der Waals surface area contributed by atoms with Crippen molar-refractivity contribution in [1.29, 1.82) is 0 Å². The SMILES string of the molecule is COc1cc(OCC(=O)NCC(CC(C)C)C(=O)O)ccc1[N+](=O)[O-]. The molecule has 25 heavy (non-hydrogen) atoms. The minimum Gasteiger partial charge on any atom is -0.490 e. The lowest BCUT2D eigenvalue weighted by Gasteiger charge is -2.15. The number of methoxy groups -OCH3 is 1. The fourth-order valence-electron chi connectivity index (χ4n) is 2.18. The van der Waals surface area contributed by atoms with Crippen LogP contribution in [0, 0.1) is 22.0 Å². The Kier molecular flexibility index (Phi) is 7.64.